The van der Waals surface area contributed by atoms with Gasteiger partial charge in [0, 0.05) is 43.8 Å². The standard InChI is InChI=1S/C28H27FN2O5/c1-34-25-10-4-18(16-26(25)35-2)22-15-19-3-9-24(32)23(27(19)36-28(22)33)17-30-11-13-31(14-12-30)21-7-5-20(29)6-8-21/h3-10,15-16,32H,11-14,17H2,1-2H3. The molecule has 1 N–H and O–H groups in total. The minimum absolute atomic E-state index is 0.0884. The van der Waals surface area contributed by atoms with Gasteiger partial charge in [0.15, 0.2) is 11.5 Å². The van der Waals surface area contributed by atoms with Crippen LogP contribution in [0.2, 0.25) is 0 Å². The number of hydrogen-bond acceptors (Lipinski definition) is 7. The molecule has 36 heavy (non-hydrogen) atoms. The molecule has 0 radical (unpaired) electrons. The number of hydrogen-bond donors (Lipinski definition) is 1. The van der Waals surface area contributed by atoms with Crippen LogP contribution in [-0.2, 0) is 6.54 Å². The summed E-state index contributed by atoms with van der Waals surface area (Å²) in [4.78, 5) is 17.4. The molecule has 0 spiro atoms. The molecule has 3 aromatic carbocycles. The summed E-state index contributed by atoms with van der Waals surface area (Å²) in [5.41, 5.74) is 2.49. The maximum absolute atomic E-state index is 13.2. The third-order valence-electron chi connectivity index (χ3n) is 6.62. The van der Waals surface area contributed by atoms with Crippen molar-refractivity contribution in [2.75, 3.05) is 45.3 Å². The number of nitrogens with zero attached hydrogens (tertiary/aromatic N) is 2. The molecule has 4 aromatic rings. The molecule has 1 aliphatic rings. The largest absolute Gasteiger partial charge is 0.507 e. The predicted octanol–water partition coefficient (Wildman–Crippen LogP) is 4.64. The molecule has 0 unspecified atom stereocenters. The number of ether oxygens (including phenoxy) is 2. The lowest BCUT2D eigenvalue weighted by Gasteiger charge is -2.36. The van der Waals surface area contributed by atoms with Gasteiger partial charge in [-0.05, 0) is 60.2 Å². The van der Waals surface area contributed by atoms with E-state index >= 15 is 0 Å². The molecule has 1 aliphatic heterocycles. The maximum atomic E-state index is 13.2. The van der Waals surface area contributed by atoms with Crippen molar-refractivity contribution in [3.05, 3.63) is 82.5 Å². The summed E-state index contributed by atoms with van der Waals surface area (Å²) in [7, 11) is 3.09. The zero-order valence-electron chi connectivity index (χ0n) is 20.2. The van der Waals surface area contributed by atoms with E-state index in [0.29, 0.717) is 40.3 Å². The van der Waals surface area contributed by atoms with Crippen molar-refractivity contribution in [3.8, 4) is 28.4 Å². The van der Waals surface area contributed by atoms with Crippen molar-refractivity contribution in [2.24, 2.45) is 0 Å². The van der Waals surface area contributed by atoms with Crippen LogP contribution in [-0.4, -0.2) is 50.4 Å². The minimum Gasteiger partial charge on any atom is -0.507 e. The summed E-state index contributed by atoms with van der Waals surface area (Å²) in [5.74, 6) is 0.920. The van der Waals surface area contributed by atoms with Crippen LogP contribution in [0.3, 0.4) is 0 Å². The van der Waals surface area contributed by atoms with Crippen LogP contribution >= 0.6 is 0 Å². The number of piperazine rings is 1. The van der Waals surface area contributed by atoms with Crippen molar-refractivity contribution in [2.45, 2.75) is 6.54 Å². The molecule has 1 saturated heterocycles. The number of phenols is 1. The Morgan fingerprint density at radius 1 is 0.917 bits per heavy atom. The summed E-state index contributed by atoms with van der Waals surface area (Å²) >= 11 is 0. The monoisotopic (exact) mass is 490 g/mol. The van der Waals surface area contributed by atoms with E-state index < -0.39 is 5.63 Å². The summed E-state index contributed by atoms with van der Waals surface area (Å²) in [6, 6.07) is 16.9. The number of benzene rings is 3. The average molecular weight is 491 g/mol. The van der Waals surface area contributed by atoms with Gasteiger partial charge in [-0.3, -0.25) is 4.90 Å². The lowest BCUT2D eigenvalue weighted by atomic mass is 10.0. The average Bonchev–Trinajstić information content (AvgIpc) is 2.90. The molecule has 7 nitrogen and oxygen atoms in total. The van der Waals surface area contributed by atoms with Crippen LogP contribution < -0.4 is 20.0 Å². The van der Waals surface area contributed by atoms with Crippen LogP contribution in [0, 0.1) is 5.82 Å². The van der Waals surface area contributed by atoms with Crippen molar-refractivity contribution >= 4 is 16.7 Å². The third kappa shape index (κ3) is 4.59. The van der Waals surface area contributed by atoms with Crippen LogP contribution in [0.5, 0.6) is 17.2 Å². The molecule has 0 atom stereocenters. The van der Waals surface area contributed by atoms with E-state index in [1.807, 2.05) is 0 Å². The van der Waals surface area contributed by atoms with E-state index in [0.717, 1.165) is 37.3 Å². The van der Waals surface area contributed by atoms with Crippen LogP contribution in [0.4, 0.5) is 10.1 Å². The Bertz CT molecular complexity index is 1440. The van der Waals surface area contributed by atoms with Gasteiger partial charge in [0.1, 0.15) is 17.1 Å². The number of fused-ring (bicyclic) bond motifs is 1. The van der Waals surface area contributed by atoms with E-state index in [2.05, 4.69) is 9.80 Å². The van der Waals surface area contributed by atoms with Crippen molar-refractivity contribution in [1.29, 1.82) is 0 Å². The van der Waals surface area contributed by atoms with Gasteiger partial charge in [0.25, 0.3) is 0 Å². The fourth-order valence-corrected chi connectivity index (χ4v) is 4.63. The smallest absolute Gasteiger partial charge is 0.344 e. The van der Waals surface area contributed by atoms with E-state index in [9.17, 15) is 14.3 Å². The molecule has 8 heteroatoms. The second kappa shape index (κ2) is 9.91. The Kier molecular flexibility index (Phi) is 6.52. The topological polar surface area (TPSA) is 75.4 Å². The van der Waals surface area contributed by atoms with Gasteiger partial charge >= 0.3 is 5.63 Å². The molecular formula is C28H27FN2O5. The van der Waals surface area contributed by atoms with Crippen LogP contribution in [0.15, 0.2) is 69.9 Å². The van der Waals surface area contributed by atoms with Gasteiger partial charge in [-0.1, -0.05) is 6.07 Å². The predicted molar refractivity (Wildman–Crippen MR) is 137 cm³/mol. The van der Waals surface area contributed by atoms with Gasteiger partial charge in [-0.15, -0.1) is 0 Å². The number of anilines is 1. The Balaban J connectivity index is 1.40. The highest BCUT2D eigenvalue weighted by molar-refractivity contribution is 5.86. The number of halogens is 1. The zero-order chi connectivity index (χ0) is 25.2. The zero-order valence-corrected chi connectivity index (χ0v) is 20.2. The molecule has 0 amide bonds. The first-order valence-electron chi connectivity index (χ1n) is 11.7. The number of aromatic hydroxyl groups is 1. The molecule has 2 heterocycles. The molecular weight excluding hydrogens is 463 g/mol. The fourth-order valence-electron chi connectivity index (χ4n) is 4.63. The third-order valence-corrected chi connectivity index (χ3v) is 6.62. The maximum Gasteiger partial charge on any atom is 0.344 e. The molecule has 5 rings (SSSR count). The van der Waals surface area contributed by atoms with E-state index in [-0.39, 0.29) is 11.6 Å². The Morgan fingerprint density at radius 3 is 2.33 bits per heavy atom. The second-order valence-corrected chi connectivity index (χ2v) is 8.74. The molecule has 0 saturated carbocycles. The molecule has 1 fully saturated rings. The summed E-state index contributed by atoms with van der Waals surface area (Å²) in [6.07, 6.45) is 0. The number of phenolic OH excluding ortho intramolecular Hbond substituents is 1. The first-order valence-corrected chi connectivity index (χ1v) is 11.7. The fraction of sp³-hybridized carbons (Fsp3) is 0.250. The Morgan fingerprint density at radius 2 is 1.64 bits per heavy atom. The molecule has 0 bridgehead atoms. The SMILES string of the molecule is COc1ccc(-c2cc3ccc(O)c(CN4CCN(c5ccc(F)cc5)CC4)c3oc2=O)cc1OC. The normalized spacial score (nSPS) is 14.2. The minimum atomic E-state index is -0.498. The summed E-state index contributed by atoms with van der Waals surface area (Å²) in [5, 5.41) is 11.4. The van der Waals surface area contributed by atoms with Gasteiger partial charge in [0.2, 0.25) is 0 Å². The number of methoxy groups -OCH3 is 2. The first-order chi connectivity index (χ1) is 17.5. The molecule has 186 valence electrons. The van der Waals surface area contributed by atoms with E-state index in [4.69, 9.17) is 13.9 Å². The second-order valence-electron chi connectivity index (χ2n) is 8.74. The van der Waals surface area contributed by atoms with Gasteiger partial charge in [-0.2, -0.15) is 0 Å². The molecule has 0 aliphatic carbocycles. The lowest BCUT2D eigenvalue weighted by molar-refractivity contribution is 0.246. The number of rotatable bonds is 6. The summed E-state index contributed by atoms with van der Waals surface area (Å²) in [6.45, 7) is 3.48. The quantitative estimate of drug-likeness (QED) is 0.395. The first kappa shape index (κ1) is 23.7. The highest BCUT2D eigenvalue weighted by Crippen LogP contribution is 2.34. The van der Waals surface area contributed by atoms with Crippen molar-refractivity contribution < 1.29 is 23.4 Å². The Labute approximate surface area is 207 Å². The van der Waals surface area contributed by atoms with Crippen LogP contribution in [0.25, 0.3) is 22.1 Å². The van der Waals surface area contributed by atoms with Crippen LogP contribution in [0.1, 0.15) is 5.56 Å². The van der Waals surface area contributed by atoms with Gasteiger partial charge < -0.3 is 23.9 Å². The van der Waals surface area contributed by atoms with Gasteiger partial charge in [0.05, 0.1) is 25.3 Å². The van der Waals surface area contributed by atoms with E-state index in [1.54, 1.807) is 62.8 Å². The van der Waals surface area contributed by atoms with E-state index in [1.165, 1.54) is 12.1 Å². The Hall–Kier alpha value is -4.04. The summed E-state index contributed by atoms with van der Waals surface area (Å²) < 4.78 is 29.7. The molecule has 1 aromatic heterocycles. The lowest BCUT2D eigenvalue weighted by Crippen LogP contribution is -2.46. The highest BCUT2D eigenvalue weighted by Gasteiger charge is 2.21. The van der Waals surface area contributed by atoms with Crippen molar-refractivity contribution in [3.63, 3.8) is 0 Å². The van der Waals surface area contributed by atoms with Gasteiger partial charge in [-0.25, -0.2) is 9.18 Å². The van der Waals surface area contributed by atoms with Crippen molar-refractivity contribution in [1.82, 2.24) is 4.90 Å². The highest BCUT2D eigenvalue weighted by atomic mass is 19.1.